The molecule has 1 N–H and O–H groups in total. The number of aliphatic carboxylic acids is 1. The number of rotatable bonds is 58. The summed E-state index contributed by atoms with van der Waals surface area (Å²) in [7, 11) is 5.97. The molecule has 2 atom stereocenters. The summed E-state index contributed by atoms with van der Waals surface area (Å²) in [6.45, 7) is 4.88. The van der Waals surface area contributed by atoms with Crippen LogP contribution >= 0.6 is 0 Å². The van der Waals surface area contributed by atoms with Gasteiger partial charge in [-0.25, -0.2) is 4.79 Å². The Balaban J connectivity index is 3.78. The van der Waals surface area contributed by atoms with Crippen molar-refractivity contribution in [2.45, 2.75) is 328 Å². The maximum Gasteiger partial charge on any atom is 0.361 e. The summed E-state index contributed by atoms with van der Waals surface area (Å²) >= 11 is 0. The molecule has 0 bridgehead atoms. The van der Waals surface area contributed by atoms with E-state index in [2.05, 4.69) is 13.8 Å². The monoisotopic (exact) mass is 995 g/mol. The highest BCUT2D eigenvalue weighted by Gasteiger charge is 2.25. The van der Waals surface area contributed by atoms with Crippen LogP contribution in [-0.2, 0) is 33.3 Å². The number of carboxylic acid groups (broad SMARTS) is 1. The van der Waals surface area contributed by atoms with Crippen molar-refractivity contribution in [3.8, 4) is 0 Å². The highest BCUT2D eigenvalue weighted by Crippen LogP contribution is 2.19. The molecule has 0 aliphatic heterocycles. The van der Waals surface area contributed by atoms with E-state index in [0.29, 0.717) is 17.4 Å². The van der Waals surface area contributed by atoms with Gasteiger partial charge in [0, 0.05) is 12.8 Å². The summed E-state index contributed by atoms with van der Waals surface area (Å²) in [5, 5.41) is 9.64. The molecule has 0 saturated carbocycles. The van der Waals surface area contributed by atoms with Crippen LogP contribution in [0.5, 0.6) is 0 Å². The fourth-order valence-electron chi connectivity index (χ4n) is 9.37. The van der Waals surface area contributed by atoms with E-state index in [-0.39, 0.29) is 38.2 Å². The fraction of sp³-hybridized carbons (Fsp3) is 0.951. The Morgan fingerprint density at radius 1 is 0.371 bits per heavy atom. The molecule has 416 valence electrons. The summed E-state index contributed by atoms with van der Waals surface area (Å²) in [6.07, 6.45) is 58.4. The maximum atomic E-state index is 12.8. The standard InChI is InChI=1S/C61H119NO8/c1-6-8-10-12-14-15-16-17-18-19-20-21-22-23-24-25-26-27-28-29-30-31-32-33-34-35-36-37-38-39-40-41-42-43-44-46-48-50-52-59(64)70-57(55-68-58(63)51-49-47-45-13-11-9-7-2)56-69-61(60(65)66)67-54-53-62(3,4)5/h57,61H,6-56H2,1-5H3/p+1. The van der Waals surface area contributed by atoms with Crippen molar-refractivity contribution in [2.24, 2.45) is 0 Å². The van der Waals surface area contributed by atoms with Crippen molar-refractivity contribution in [3.05, 3.63) is 0 Å². The number of carboxylic acids is 1. The number of unbranched alkanes of at least 4 members (excludes halogenated alkanes) is 43. The first-order chi connectivity index (χ1) is 34.1. The van der Waals surface area contributed by atoms with Gasteiger partial charge in [-0.15, -0.1) is 0 Å². The number of hydrogen-bond acceptors (Lipinski definition) is 7. The molecule has 0 spiro atoms. The average Bonchev–Trinajstić information content (AvgIpc) is 3.33. The van der Waals surface area contributed by atoms with Crippen molar-refractivity contribution in [1.29, 1.82) is 0 Å². The lowest BCUT2D eigenvalue weighted by Crippen LogP contribution is -2.40. The third-order valence-corrected chi connectivity index (χ3v) is 14.1. The lowest BCUT2D eigenvalue weighted by Gasteiger charge is -2.25. The largest absolute Gasteiger partial charge is 0.477 e. The fourth-order valence-corrected chi connectivity index (χ4v) is 9.37. The van der Waals surface area contributed by atoms with Crippen molar-refractivity contribution >= 4 is 17.9 Å². The second-order valence-electron chi connectivity index (χ2n) is 22.4. The van der Waals surface area contributed by atoms with E-state index in [1.807, 2.05) is 21.1 Å². The Kier molecular flexibility index (Phi) is 52.3. The van der Waals surface area contributed by atoms with Crippen molar-refractivity contribution in [3.63, 3.8) is 0 Å². The van der Waals surface area contributed by atoms with Gasteiger partial charge in [0.25, 0.3) is 6.29 Å². The number of carbonyl (C=O) groups excluding carboxylic acids is 2. The van der Waals surface area contributed by atoms with E-state index < -0.39 is 18.4 Å². The molecule has 2 unspecified atom stereocenters. The van der Waals surface area contributed by atoms with Gasteiger partial charge in [0.2, 0.25) is 0 Å². The number of ether oxygens (including phenoxy) is 4. The summed E-state index contributed by atoms with van der Waals surface area (Å²) in [5.74, 6) is -1.99. The minimum Gasteiger partial charge on any atom is -0.477 e. The van der Waals surface area contributed by atoms with Gasteiger partial charge in [0.05, 0.1) is 34.4 Å². The predicted molar refractivity (Wildman–Crippen MR) is 295 cm³/mol. The Labute approximate surface area is 434 Å². The minimum atomic E-state index is -1.50. The normalized spacial score (nSPS) is 12.6. The first kappa shape index (κ1) is 68.3. The molecular formula is C61H120NO8+. The first-order valence-electron chi connectivity index (χ1n) is 30.7. The summed E-state index contributed by atoms with van der Waals surface area (Å²) < 4.78 is 22.7. The van der Waals surface area contributed by atoms with Gasteiger partial charge in [-0.1, -0.05) is 290 Å². The van der Waals surface area contributed by atoms with Crippen LogP contribution in [0.25, 0.3) is 0 Å². The van der Waals surface area contributed by atoms with Crippen LogP contribution in [0.1, 0.15) is 316 Å². The summed E-state index contributed by atoms with van der Waals surface area (Å²) in [6, 6.07) is 0. The Bertz CT molecular complexity index is 1110. The number of nitrogens with zero attached hydrogens (tertiary/aromatic N) is 1. The molecule has 0 amide bonds. The molecule has 0 aliphatic rings. The molecule has 0 heterocycles. The topological polar surface area (TPSA) is 108 Å². The van der Waals surface area contributed by atoms with Gasteiger partial charge in [-0.2, -0.15) is 0 Å². The zero-order valence-corrected chi connectivity index (χ0v) is 47.5. The van der Waals surface area contributed by atoms with Crippen LogP contribution in [0.3, 0.4) is 0 Å². The molecule has 0 saturated heterocycles. The molecule has 9 nitrogen and oxygen atoms in total. The number of esters is 2. The number of hydrogen-bond donors (Lipinski definition) is 1. The highest BCUT2D eigenvalue weighted by atomic mass is 16.7. The van der Waals surface area contributed by atoms with Crippen molar-refractivity contribution in [1.82, 2.24) is 0 Å². The van der Waals surface area contributed by atoms with E-state index in [4.69, 9.17) is 18.9 Å². The summed E-state index contributed by atoms with van der Waals surface area (Å²) in [5.41, 5.74) is 0. The molecule has 0 aromatic rings. The van der Waals surface area contributed by atoms with E-state index in [9.17, 15) is 19.5 Å². The number of quaternary nitrogens is 1. The Hall–Kier alpha value is -1.71. The summed E-state index contributed by atoms with van der Waals surface area (Å²) in [4.78, 5) is 37.1. The lowest BCUT2D eigenvalue weighted by molar-refractivity contribution is -0.870. The third kappa shape index (κ3) is 54.1. The Morgan fingerprint density at radius 3 is 0.914 bits per heavy atom. The van der Waals surface area contributed by atoms with Crippen LogP contribution < -0.4 is 0 Å². The molecule has 70 heavy (non-hydrogen) atoms. The molecule has 0 rings (SSSR count). The lowest BCUT2D eigenvalue weighted by atomic mass is 10.0. The molecule has 0 aromatic heterocycles. The molecule has 0 fully saturated rings. The van der Waals surface area contributed by atoms with Crippen LogP contribution in [-0.4, -0.2) is 87.4 Å². The van der Waals surface area contributed by atoms with Crippen LogP contribution in [0.15, 0.2) is 0 Å². The van der Waals surface area contributed by atoms with Gasteiger partial charge in [0.15, 0.2) is 6.10 Å². The van der Waals surface area contributed by atoms with Crippen LogP contribution in [0, 0.1) is 0 Å². The molecular weight excluding hydrogens is 875 g/mol. The quantitative estimate of drug-likeness (QED) is 0.0278. The minimum absolute atomic E-state index is 0.175. The van der Waals surface area contributed by atoms with Gasteiger partial charge >= 0.3 is 17.9 Å². The van der Waals surface area contributed by atoms with Gasteiger partial charge in [-0.05, 0) is 12.8 Å². The van der Waals surface area contributed by atoms with Crippen LogP contribution in [0.4, 0.5) is 0 Å². The van der Waals surface area contributed by atoms with E-state index in [0.717, 1.165) is 38.5 Å². The average molecular weight is 996 g/mol. The smallest absolute Gasteiger partial charge is 0.361 e. The van der Waals surface area contributed by atoms with Gasteiger partial charge in [0.1, 0.15) is 13.2 Å². The predicted octanol–water partition coefficient (Wildman–Crippen LogP) is 18.0. The zero-order valence-electron chi connectivity index (χ0n) is 47.5. The van der Waals surface area contributed by atoms with E-state index in [1.54, 1.807) is 0 Å². The SMILES string of the molecule is CCCCCCCCCCCCCCCCCCCCCCCCCCCCCCCCCCCCCCCCC(=O)OC(COC(=O)CCCCCCCCC)COC(OCC[N+](C)(C)C)C(=O)O. The molecule has 9 heteroatoms. The Morgan fingerprint density at radius 2 is 0.643 bits per heavy atom. The van der Waals surface area contributed by atoms with Crippen LogP contribution in [0.2, 0.25) is 0 Å². The maximum absolute atomic E-state index is 12.8. The molecule has 0 aromatic carbocycles. The van der Waals surface area contributed by atoms with E-state index in [1.165, 1.54) is 250 Å². The van der Waals surface area contributed by atoms with E-state index >= 15 is 0 Å². The molecule has 0 radical (unpaired) electrons. The number of carbonyl (C=O) groups is 3. The zero-order chi connectivity index (χ0) is 51.3. The highest BCUT2D eigenvalue weighted by molar-refractivity contribution is 5.71. The van der Waals surface area contributed by atoms with Gasteiger partial charge in [-0.3, -0.25) is 9.59 Å². The molecule has 0 aliphatic carbocycles. The second-order valence-corrected chi connectivity index (χ2v) is 22.4. The first-order valence-corrected chi connectivity index (χ1v) is 30.7. The van der Waals surface area contributed by atoms with Gasteiger partial charge < -0.3 is 28.5 Å². The van der Waals surface area contributed by atoms with Crippen molar-refractivity contribution < 1.29 is 42.9 Å². The number of likely N-dealkylation sites (N-methyl/N-ethyl adjacent to an activating group) is 1. The third-order valence-electron chi connectivity index (χ3n) is 14.1. The van der Waals surface area contributed by atoms with Crippen molar-refractivity contribution in [2.75, 3.05) is 47.5 Å². The second kappa shape index (κ2) is 53.6.